The summed E-state index contributed by atoms with van der Waals surface area (Å²) >= 11 is 4.99. The summed E-state index contributed by atoms with van der Waals surface area (Å²) in [7, 11) is 3.18. The first-order valence-electron chi connectivity index (χ1n) is 5.61. The molecule has 0 aromatic heterocycles. The van der Waals surface area contributed by atoms with Crippen LogP contribution in [-0.4, -0.2) is 32.1 Å². The van der Waals surface area contributed by atoms with E-state index in [2.05, 4.69) is 22.4 Å². The van der Waals surface area contributed by atoms with Gasteiger partial charge in [0, 0.05) is 6.54 Å². The summed E-state index contributed by atoms with van der Waals surface area (Å²) in [6, 6.07) is 5.51. The fourth-order valence-electron chi connectivity index (χ4n) is 1.30. The standard InChI is InChI=1S/C13H17N3O2S/c1-4-7-14-13(19)16-15-9-10-5-6-11(17-2)12(8-10)18-3/h4-6,8-9H,1,7H2,2-3H3,(H2,14,16,19)/b15-9+. The van der Waals surface area contributed by atoms with Crippen molar-refractivity contribution in [3.8, 4) is 11.5 Å². The highest BCUT2D eigenvalue weighted by Crippen LogP contribution is 2.26. The Morgan fingerprint density at radius 2 is 2.11 bits per heavy atom. The Morgan fingerprint density at radius 3 is 2.74 bits per heavy atom. The molecule has 1 aromatic rings. The van der Waals surface area contributed by atoms with Crippen molar-refractivity contribution in [2.45, 2.75) is 0 Å². The van der Waals surface area contributed by atoms with Gasteiger partial charge in [-0.1, -0.05) is 6.08 Å². The van der Waals surface area contributed by atoms with E-state index in [1.165, 1.54) is 0 Å². The molecule has 0 radical (unpaired) electrons. The van der Waals surface area contributed by atoms with Gasteiger partial charge in [0.05, 0.1) is 20.4 Å². The van der Waals surface area contributed by atoms with Crippen molar-refractivity contribution in [2.24, 2.45) is 5.10 Å². The van der Waals surface area contributed by atoms with E-state index < -0.39 is 0 Å². The van der Waals surface area contributed by atoms with Crippen molar-refractivity contribution in [1.82, 2.24) is 10.7 Å². The monoisotopic (exact) mass is 279 g/mol. The Kier molecular flexibility index (Phi) is 6.38. The Hall–Kier alpha value is -2.08. The third kappa shape index (κ3) is 4.97. The first-order valence-corrected chi connectivity index (χ1v) is 6.02. The molecule has 0 spiro atoms. The van der Waals surface area contributed by atoms with Crippen molar-refractivity contribution in [3.63, 3.8) is 0 Å². The first-order chi connectivity index (χ1) is 9.21. The molecule has 0 saturated carbocycles. The number of benzene rings is 1. The average Bonchev–Trinajstić information content (AvgIpc) is 2.44. The lowest BCUT2D eigenvalue weighted by molar-refractivity contribution is 0.355. The Bertz CT molecular complexity index is 475. The maximum atomic E-state index is 5.20. The quantitative estimate of drug-likeness (QED) is 0.359. The van der Waals surface area contributed by atoms with Gasteiger partial charge in [0.2, 0.25) is 0 Å². The summed E-state index contributed by atoms with van der Waals surface area (Å²) in [6.07, 6.45) is 3.36. The minimum Gasteiger partial charge on any atom is -0.493 e. The molecular weight excluding hydrogens is 262 g/mol. The number of thiocarbonyl (C=S) groups is 1. The van der Waals surface area contributed by atoms with Crippen LogP contribution >= 0.6 is 12.2 Å². The maximum absolute atomic E-state index is 5.20. The molecule has 0 saturated heterocycles. The molecule has 0 amide bonds. The zero-order valence-electron chi connectivity index (χ0n) is 11.0. The molecule has 2 N–H and O–H groups in total. The lowest BCUT2D eigenvalue weighted by Gasteiger charge is -2.07. The lowest BCUT2D eigenvalue weighted by Crippen LogP contribution is -2.31. The second kappa shape index (κ2) is 8.10. The number of methoxy groups -OCH3 is 2. The van der Waals surface area contributed by atoms with Crippen LogP contribution in [0.15, 0.2) is 36.0 Å². The first kappa shape index (κ1) is 15.0. The molecule has 0 heterocycles. The summed E-state index contributed by atoms with van der Waals surface area (Å²) in [5.74, 6) is 1.33. The van der Waals surface area contributed by atoms with Gasteiger partial charge < -0.3 is 14.8 Å². The van der Waals surface area contributed by atoms with Gasteiger partial charge in [-0.25, -0.2) is 0 Å². The SMILES string of the molecule is C=CCNC(=S)N/N=C/c1ccc(OC)c(OC)c1. The number of ether oxygens (including phenoxy) is 2. The summed E-state index contributed by atoms with van der Waals surface area (Å²) < 4.78 is 10.4. The predicted octanol–water partition coefficient (Wildman–Crippen LogP) is 1.69. The van der Waals surface area contributed by atoms with Gasteiger partial charge in [0.15, 0.2) is 16.6 Å². The van der Waals surface area contributed by atoms with Crippen molar-refractivity contribution in [3.05, 3.63) is 36.4 Å². The van der Waals surface area contributed by atoms with Crippen LogP contribution in [0.2, 0.25) is 0 Å². The van der Waals surface area contributed by atoms with E-state index >= 15 is 0 Å². The topological polar surface area (TPSA) is 54.9 Å². The van der Waals surface area contributed by atoms with E-state index in [4.69, 9.17) is 21.7 Å². The number of nitrogens with one attached hydrogen (secondary N) is 2. The molecule has 6 heteroatoms. The number of hydrazone groups is 1. The summed E-state index contributed by atoms with van der Waals surface area (Å²) in [5.41, 5.74) is 3.57. The van der Waals surface area contributed by atoms with Gasteiger partial charge in [0.1, 0.15) is 0 Å². The largest absolute Gasteiger partial charge is 0.493 e. The van der Waals surface area contributed by atoms with Gasteiger partial charge in [-0.05, 0) is 36.0 Å². The van der Waals surface area contributed by atoms with Gasteiger partial charge in [0.25, 0.3) is 0 Å². The van der Waals surface area contributed by atoms with Crippen LogP contribution in [0.4, 0.5) is 0 Å². The van der Waals surface area contributed by atoms with Gasteiger partial charge in [-0.2, -0.15) is 5.10 Å². The Balaban J connectivity index is 2.61. The summed E-state index contributed by atoms with van der Waals surface area (Å²) in [5, 5.41) is 7.36. The molecule has 0 unspecified atom stereocenters. The number of rotatable bonds is 6. The van der Waals surface area contributed by atoms with E-state index in [1.807, 2.05) is 18.2 Å². The molecule has 5 nitrogen and oxygen atoms in total. The number of nitrogens with zero attached hydrogens (tertiary/aromatic N) is 1. The highest BCUT2D eigenvalue weighted by atomic mass is 32.1. The summed E-state index contributed by atoms with van der Waals surface area (Å²) in [6.45, 7) is 4.18. The van der Waals surface area contributed by atoms with E-state index in [-0.39, 0.29) is 0 Å². The normalized spacial score (nSPS) is 10.0. The molecule has 1 rings (SSSR count). The molecular formula is C13H17N3O2S. The summed E-state index contributed by atoms with van der Waals surface area (Å²) in [4.78, 5) is 0. The highest BCUT2D eigenvalue weighted by Gasteiger charge is 2.02. The molecule has 0 aliphatic carbocycles. The van der Waals surface area contributed by atoms with E-state index in [1.54, 1.807) is 26.5 Å². The van der Waals surface area contributed by atoms with Crippen molar-refractivity contribution >= 4 is 23.5 Å². The van der Waals surface area contributed by atoms with E-state index in [9.17, 15) is 0 Å². The second-order valence-electron chi connectivity index (χ2n) is 3.48. The lowest BCUT2D eigenvalue weighted by atomic mass is 10.2. The minimum absolute atomic E-state index is 0.441. The van der Waals surface area contributed by atoms with Crippen LogP contribution in [0, 0.1) is 0 Å². The van der Waals surface area contributed by atoms with Crippen LogP contribution in [0.25, 0.3) is 0 Å². The molecule has 0 atom stereocenters. The highest BCUT2D eigenvalue weighted by molar-refractivity contribution is 7.80. The van der Waals surface area contributed by atoms with Crippen molar-refractivity contribution in [2.75, 3.05) is 20.8 Å². The molecule has 102 valence electrons. The van der Waals surface area contributed by atoms with Crippen LogP contribution in [0.5, 0.6) is 11.5 Å². The third-order valence-electron chi connectivity index (χ3n) is 2.19. The van der Waals surface area contributed by atoms with Gasteiger partial charge in [-0.3, -0.25) is 5.43 Å². The number of hydrogen-bond acceptors (Lipinski definition) is 4. The van der Waals surface area contributed by atoms with Crippen molar-refractivity contribution < 1.29 is 9.47 Å². The number of hydrogen-bond donors (Lipinski definition) is 2. The predicted molar refractivity (Wildman–Crippen MR) is 81.1 cm³/mol. The molecule has 0 aliphatic heterocycles. The average molecular weight is 279 g/mol. The molecule has 1 aromatic carbocycles. The molecule has 0 fully saturated rings. The second-order valence-corrected chi connectivity index (χ2v) is 3.89. The van der Waals surface area contributed by atoms with Crippen LogP contribution in [-0.2, 0) is 0 Å². The Labute approximate surface area is 118 Å². The van der Waals surface area contributed by atoms with Crippen LogP contribution in [0.1, 0.15) is 5.56 Å². The molecule has 19 heavy (non-hydrogen) atoms. The van der Waals surface area contributed by atoms with E-state index in [0.29, 0.717) is 23.2 Å². The van der Waals surface area contributed by atoms with E-state index in [0.717, 1.165) is 5.56 Å². The third-order valence-corrected chi connectivity index (χ3v) is 2.43. The zero-order valence-corrected chi connectivity index (χ0v) is 11.8. The van der Waals surface area contributed by atoms with Crippen LogP contribution < -0.4 is 20.2 Å². The Morgan fingerprint density at radius 1 is 1.37 bits per heavy atom. The van der Waals surface area contributed by atoms with Crippen LogP contribution in [0.3, 0.4) is 0 Å². The minimum atomic E-state index is 0.441. The van der Waals surface area contributed by atoms with Crippen molar-refractivity contribution in [1.29, 1.82) is 0 Å². The zero-order chi connectivity index (χ0) is 14.1. The molecule has 0 aliphatic rings. The smallest absolute Gasteiger partial charge is 0.187 e. The molecule has 0 bridgehead atoms. The van der Waals surface area contributed by atoms with Gasteiger partial charge >= 0.3 is 0 Å². The fraction of sp³-hybridized carbons (Fsp3) is 0.231. The fourth-order valence-corrected chi connectivity index (χ4v) is 1.44. The maximum Gasteiger partial charge on any atom is 0.187 e. The van der Waals surface area contributed by atoms with Gasteiger partial charge in [-0.15, -0.1) is 6.58 Å².